The first-order valence-corrected chi connectivity index (χ1v) is 6.95. The predicted octanol–water partition coefficient (Wildman–Crippen LogP) is 3.01. The highest BCUT2D eigenvalue weighted by atomic mass is 35.5. The van der Waals surface area contributed by atoms with Gasteiger partial charge in [-0.1, -0.05) is 11.6 Å². The van der Waals surface area contributed by atoms with Crippen molar-refractivity contribution in [3.05, 3.63) is 29.3 Å². The summed E-state index contributed by atoms with van der Waals surface area (Å²) in [7, 11) is 0. The van der Waals surface area contributed by atoms with E-state index in [0.29, 0.717) is 0 Å². The second-order valence-corrected chi connectivity index (χ2v) is 5.54. The van der Waals surface area contributed by atoms with E-state index in [1.165, 1.54) is 51.1 Å². The Hall–Kier alpha value is -0.730. The van der Waals surface area contributed by atoms with Gasteiger partial charge in [-0.05, 0) is 50.1 Å². The van der Waals surface area contributed by atoms with Gasteiger partial charge in [0.1, 0.15) is 0 Å². The Morgan fingerprint density at radius 3 is 2.59 bits per heavy atom. The molecule has 2 fully saturated rings. The van der Waals surface area contributed by atoms with Crippen molar-refractivity contribution in [3.63, 3.8) is 0 Å². The minimum absolute atomic E-state index is 0.771. The molecule has 2 aliphatic heterocycles. The van der Waals surface area contributed by atoms with E-state index in [9.17, 15) is 0 Å². The number of nitrogens with zero attached hydrogens (tertiary/aromatic N) is 2. The van der Waals surface area contributed by atoms with Crippen LogP contribution in [-0.4, -0.2) is 37.1 Å². The number of anilines is 1. The Morgan fingerprint density at radius 2 is 1.76 bits per heavy atom. The Bertz CT molecular complexity index is 376. The van der Waals surface area contributed by atoms with E-state index >= 15 is 0 Å². The number of rotatable bonds is 1. The Morgan fingerprint density at radius 1 is 1.00 bits per heavy atom. The van der Waals surface area contributed by atoms with Gasteiger partial charge in [0.2, 0.25) is 0 Å². The first-order valence-electron chi connectivity index (χ1n) is 6.57. The average molecular weight is 251 g/mol. The second-order valence-electron chi connectivity index (χ2n) is 5.11. The minimum Gasteiger partial charge on any atom is -0.370 e. The second kappa shape index (κ2) is 4.87. The van der Waals surface area contributed by atoms with Crippen LogP contribution in [0.4, 0.5) is 5.69 Å². The SMILES string of the molecule is Clc1ccc(N2CCCN3CCCC3C2)cc1. The lowest BCUT2D eigenvalue weighted by Gasteiger charge is -2.27. The van der Waals surface area contributed by atoms with E-state index in [1.807, 2.05) is 12.1 Å². The van der Waals surface area contributed by atoms with E-state index in [4.69, 9.17) is 11.6 Å². The van der Waals surface area contributed by atoms with Gasteiger partial charge >= 0.3 is 0 Å². The molecule has 1 aromatic carbocycles. The third kappa shape index (κ3) is 2.43. The molecule has 92 valence electrons. The molecule has 2 nitrogen and oxygen atoms in total. The fourth-order valence-corrected chi connectivity index (χ4v) is 3.22. The largest absolute Gasteiger partial charge is 0.370 e. The molecular weight excluding hydrogens is 232 g/mol. The van der Waals surface area contributed by atoms with Crippen molar-refractivity contribution >= 4 is 17.3 Å². The molecule has 0 bridgehead atoms. The molecule has 2 saturated heterocycles. The van der Waals surface area contributed by atoms with E-state index in [2.05, 4.69) is 21.9 Å². The molecule has 1 atom stereocenters. The molecule has 1 unspecified atom stereocenters. The van der Waals surface area contributed by atoms with Gasteiger partial charge in [0.15, 0.2) is 0 Å². The summed E-state index contributed by atoms with van der Waals surface area (Å²) in [5.41, 5.74) is 1.32. The Labute approximate surface area is 108 Å². The van der Waals surface area contributed by atoms with Gasteiger partial charge in [-0.25, -0.2) is 0 Å². The molecule has 0 saturated carbocycles. The maximum atomic E-state index is 5.95. The number of halogens is 1. The lowest BCUT2D eigenvalue weighted by molar-refractivity contribution is 0.273. The third-order valence-corrected chi connectivity index (χ3v) is 4.25. The molecule has 2 heterocycles. The first kappa shape index (κ1) is 11.4. The van der Waals surface area contributed by atoms with Crippen LogP contribution in [0, 0.1) is 0 Å². The van der Waals surface area contributed by atoms with Crippen LogP contribution < -0.4 is 4.90 Å². The zero-order valence-electron chi connectivity index (χ0n) is 10.1. The standard InChI is InChI=1S/C14H19ClN2/c15-12-4-6-13(7-5-12)17-10-2-9-16-8-1-3-14(16)11-17/h4-7,14H,1-3,8-11H2. The van der Waals surface area contributed by atoms with Crippen molar-refractivity contribution in [2.45, 2.75) is 25.3 Å². The Balaban J connectivity index is 1.76. The number of fused-ring (bicyclic) bond motifs is 1. The minimum atomic E-state index is 0.771. The monoisotopic (exact) mass is 250 g/mol. The summed E-state index contributed by atoms with van der Waals surface area (Å²) >= 11 is 5.95. The number of hydrogen-bond acceptors (Lipinski definition) is 2. The van der Waals surface area contributed by atoms with Crippen LogP contribution in [0.1, 0.15) is 19.3 Å². The highest BCUT2D eigenvalue weighted by molar-refractivity contribution is 6.30. The van der Waals surface area contributed by atoms with E-state index in [-0.39, 0.29) is 0 Å². The summed E-state index contributed by atoms with van der Waals surface area (Å²) in [6, 6.07) is 9.05. The summed E-state index contributed by atoms with van der Waals surface area (Å²) in [4.78, 5) is 5.18. The molecule has 0 radical (unpaired) electrons. The summed E-state index contributed by atoms with van der Waals surface area (Å²) < 4.78 is 0. The van der Waals surface area contributed by atoms with Crippen LogP contribution in [0.2, 0.25) is 5.02 Å². The van der Waals surface area contributed by atoms with E-state index < -0.39 is 0 Å². The van der Waals surface area contributed by atoms with Gasteiger partial charge < -0.3 is 4.90 Å². The Kier molecular flexibility index (Phi) is 3.26. The van der Waals surface area contributed by atoms with Crippen molar-refractivity contribution < 1.29 is 0 Å². The van der Waals surface area contributed by atoms with Gasteiger partial charge in [0, 0.05) is 36.4 Å². The van der Waals surface area contributed by atoms with Crippen LogP contribution in [-0.2, 0) is 0 Å². The molecule has 0 N–H and O–H groups in total. The van der Waals surface area contributed by atoms with Gasteiger partial charge in [0.05, 0.1) is 0 Å². The molecule has 0 amide bonds. The topological polar surface area (TPSA) is 6.48 Å². The predicted molar refractivity (Wildman–Crippen MR) is 72.9 cm³/mol. The molecule has 17 heavy (non-hydrogen) atoms. The van der Waals surface area contributed by atoms with Crippen LogP contribution in [0.25, 0.3) is 0 Å². The molecule has 1 aromatic rings. The molecule has 2 aliphatic rings. The lowest BCUT2D eigenvalue weighted by atomic mass is 10.2. The highest BCUT2D eigenvalue weighted by Crippen LogP contribution is 2.25. The quantitative estimate of drug-likeness (QED) is 0.756. The smallest absolute Gasteiger partial charge is 0.0407 e. The molecular formula is C14H19ClN2. The summed E-state index contributed by atoms with van der Waals surface area (Å²) in [5.74, 6) is 0. The van der Waals surface area contributed by atoms with Gasteiger partial charge in [-0.15, -0.1) is 0 Å². The van der Waals surface area contributed by atoms with Crippen molar-refractivity contribution in [2.24, 2.45) is 0 Å². The highest BCUT2D eigenvalue weighted by Gasteiger charge is 2.28. The normalized spacial score (nSPS) is 25.7. The van der Waals surface area contributed by atoms with Gasteiger partial charge in [0.25, 0.3) is 0 Å². The van der Waals surface area contributed by atoms with Crippen LogP contribution in [0.3, 0.4) is 0 Å². The van der Waals surface area contributed by atoms with Crippen molar-refractivity contribution in [2.75, 3.05) is 31.1 Å². The van der Waals surface area contributed by atoms with Gasteiger partial charge in [-0.2, -0.15) is 0 Å². The third-order valence-electron chi connectivity index (χ3n) is 4.00. The van der Waals surface area contributed by atoms with Crippen LogP contribution >= 0.6 is 11.6 Å². The molecule has 3 rings (SSSR count). The van der Waals surface area contributed by atoms with E-state index in [1.54, 1.807) is 0 Å². The van der Waals surface area contributed by atoms with Crippen LogP contribution in [0.5, 0.6) is 0 Å². The van der Waals surface area contributed by atoms with Crippen LogP contribution in [0.15, 0.2) is 24.3 Å². The molecule has 0 aliphatic carbocycles. The summed E-state index contributed by atoms with van der Waals surface area (Å²) in [5, 5.41) is 0.825. The zero-order valence-corrected chi connectivity index (χ0v) is 10.9. The fraction of sp³-hybridized carbons (Fsp3) is 0.571. The fourth-order valence-electron chi connectivity index (χ4n) is 3.09. The van der Waals surface area contributed by atoms with Crippen molar-refractivity contribution in [3.8, 4) is 0 Å². The number of benzene rings is 1. The van der Waals surface area contributed by atoms with Crippen molar-refractivity contribution in [1.82, 2.24) is 4.90 Å². The maximum absolute atomic E-state index is 5.95. The zero-order chi connectivity index (χ0) is 11.7. The molecule has 0 aromatic heterocycles. The first-order chi connectivity index (χ1) is 8.33. The summed E-state index contributed by atoms with van der Waals surface area (Å²) in [6.45, 7) is 4.93. The molecule has 0 spiro atoms. The van der Waals surface area contributed by atoms with Gasteiger partial charge in [-0.3, -0.25) is 4.90 Å². The lowest BCUT2D eigenvalue weighted by Crippen LogP contribution is -2.36. The van der Waals surface area contributed by atoms with E-state index in [0.717, 1.165) is 11.1 Å². The molecule has 3 heteroatoms. The maximum Gasteiger partial charge on any atom is 0.0407 e. The number of hydrogen-bond donors (Lipinski definition) is 0. The average Bonchev–Trinajstić information content (AvgIpc) is 2.68. The van der Waals surface area contributed by atoms with Crippen molar-refractivity contribution in [1.29, 1.82) is 0 Å². The summed E-state index contributed by atoms with van der Waals surface area (Å²) in [6.07, 6.45) is 4.02.